The fraction of sp³-hybridized carbons (Fsp3) is 0.775. The van der Waals surface area contributed by atoms with E-state index in [0.29, 0.717) is 36.6 Å². The highest BCUT2D eigenvalue weighted by atomic mass is 32.2. The van der Waals surface area contributed by atoms with Crippen LogP contribution in [-0.2, 0) is 16.0 Å². The number of benzene rings is 1. The number of carbonyl (C=O) groups excluding carboxylic acids is 3. The minimum atomic E-state index is -0.0479. The van der Waals surface area contributed by atoms with Crippen molar-refractivity contribution in [2.45, 2.75) is 128 Å². The molecule has 0 spiro atoms. The fourth-order valence-corrected chi connectivity index (χ4v) is 9.47. The number of rotatable bonds is 22. The molecule has 3 fully saturated rings. The van der Waals surface area contributed by atoms with Gasteiger partial charge in [-0.3, -0.25) is 14.5 Å². The molecule has 1 aromatic rings. The van der Waals surface area contributed by atoms with Crippen molar-refractivity contribution >= 4 is 35.3 Å². The normalized spacial score (nSPS) is 24.1. The molecular weight excluding hydrogens is 659 g/mol. The first kappa shape index (κ1) is 41.4. The van der Waals surface area contributed by atoms with Gasteiger partial charge >= 0.3 is 6.03 Å². The molecule has 5 atom stereocenters. The van der Waals surface area contributed by atoms with Gasteiger partial charge in [0, 0.05) is 68.3 Å². The highest BCUT2D eigenvalue weighted by molar-refractivity contribution is 8.00. The van der Waals surface area contributed by atoms with E-state index in [0.717, 1.165) is 89.1 Å². The number of fused-ring (bicyclic) bond motifs is 1. The first-order valence-electron chi connectivity index (χ1n) is 20.3. The number of carbonyl (C=O) groups is 3. The van der Waals surface area contributed by atoms with Crippen LogP contribution in [0.2, 0.25) is 0 Å². The molecule has 5 unspecified atom stereocenters. The number of thioether (sulfide) groups is 1. The van der Waals surface area contributed by atoms with Gasteiger partial charge in [0.15, 0.2) is 0 Å². The first-order chi connectivity index (χ1) is 24.8. The Morgan fingerprint density at radius 1 is 0.922 bits per heavy atom. The van der Waals surface area contributed by atoms with Crippen molar-refractivity contribution in [2.24, 2.45) is 5.92 Å². The summed E-state index contributed by atoms with van der Waals surface area (Å²) in [6.45, 7) is 19.1. The van der Waals surface area contributed by atoms with E-state index in [9.17, 15) is 14.4 Å². The number of hydrogen-bond donors (Lipinski definition) is 4. The van der Waals surface area contributed by atoms with E-state index in [1.165, 1.54) is 44.5 Å². The van der Waals surface area contributed by atoms with Gasteiger partial charge in [0.2, 0.25) is 11.8 Å². The van der Waals surface area contributed by atoms with E-state index in [4.69, 9.17) is 0 Å². The maximum Gasteiger partial charge on any atom is 0.315 e. The molecule has 3 aliphatic heterocycles. The summed E-state index contributed by atoms with van der Waals surface area (Å²) in [7, 11) is 0. The van der Waals surface area contributed by atoms with Crippen molar-refractivity contribution in [1.82, 2.24) is 30.7 Å². The van der Waals surface area contributed by atoms with Crippen LogP contribution < -0.4 is 21.3 Å². The molecule has 3 heterocycles. The van der Waals surface area contributed by atoms with Gasteiger partial charge in [0.25, 0.3) is 0 Å². The molecule has 4 N–H and O–H groups in total. The third-order valence-electron chi connectivity index (χ3n) is 10.9. The largest absolute Gasteiger partial charge is 0.356 e. The number of hydrogen-bond acceptors (Lipinski definition) is 7. The lowest BCUT2D eigenvalue weighted by atomic mass is 9.98. The molecule has 3 aliphatic rings. The second kappa shape index (κ2) is 22.7. The lowest BCUT2D eigenvalue weighted by molar-refractivity contribution is -0.121. The second-order valence-electron chi connectivity index (χ2n) is 15.3. The number of amides is 4. The summed E-state index contributed by atoms with van der Waals surface area (Å²) < 4.78 is 0. The van der Waals surface area contributed by atoms with Gasteiger partial charge in [-0.1, -0.05) is 52.7 Å². The van der Waals surface area contributed by atoms with E-state index >= 15 is 0 Å². The SMILES string of the molecule is CCCN(CC)CCN1CCC(C)CN(CCC)C(Cc2ccc(NC(=O)CCCCCNC(=O)CCCCC3SCC4NC(=O)NC43)cc2)C1. The van der Waals surface area contributed by atoms with Crippen molar-refractivity contribution in [3.63, 3.8) is 0 Å². The summed E-state index contributed by atoms with van der Waals surface area (Å²) in [4.78, 5) is 44.5. The van der Waals surface area contributed by atoms with Crippen LogP contribution in [0.4, 0.5) is 10.5 Å². The zero-order valence-electron chi connectivity index (χ0n) is 32.2. The van der Waals surface area contributed by atoms with E-state index in [-0.39, 0.29) is 29.9 Å². The average molecular weight is 728 g/mol. The van der Waals surface area contributed by atoms with Crippen LogP contribution in [0.3, 0.4) is 0 Å². The van der Waals surface area contributed by atoms with Crippen molar-refractivity contribution in [1.29, 1.82) is 0 Å². The highest BCUT2D eigenvalue weighted by Crippen LogP contribution is 2.33. The first-order valence-corrected chi connectivity index (χ1v) is 21.4. The molecule has 0 bridgehead atoms. The molecular formula is C40H69N7O3S. The lowest BCUT2D eigenvalue weighted by Gasteiger charge is -2.40. The maximum absolute atomic E-state index is 12.7. The minimum absolute atomic E-state index is 0.0479. The van der Waals surface area contributed by atoms with E-state index in [1.54, 1.807) is 0 Å². The van der Waals surface area contributed by atoms with Crippen molar-refractivity contribution in [2.75, 3.05) is 70.0 Å². The van der Waals surface area contributed by atoms with Gasteiger partial charge in [-0.2, -0.15) is 11.8 Å². The summed E-state index contributed by atoms with van der Waals surface area (Å²) >= 11 is 1.92. The Kier molecular flexibility index (Phi) is 18.4. The van der Waals surface area contributed by atoms with Crippen molar-refractivity contribution in [3.05, 3.63) is 29.8 Å². The zero-order valence-corrected chi connectivity index (χ0v) is 33.0. The third-order valence-corrected chi connectivity index (χ3v) is 12.4. The number of likely N-dealkylation sites (N-methyl/N-ethyl adjacent to an activating group) is 1. The number of anilines is 1. The van der Waals surface area contributed by atoms with E-state index in [2.05, 4.69) is 87.9 Å². The highest BCUT2D eigenvalue weighted by Gasteiger charge is 2.42. The van der Waals surface area contributed by atoms with Gasteiger partial charge in [-0.15, -0.1) is 0 Å². The molecule has 10 nitrogen and oxygen atoms in total. The van der Waals surface area contributed by atoms with Crippen molar-refractivity contribution < 1.29 is 14.4 Å². The van der Waals surface area contributed by atoms with E-state index < -0.39 is 0 Å². The van der Waals surface area contributed by atoms with Crippen LogP contribution in [0, 0.1) is 5.92 Å². The molecule has 1 aromatic carbocycles. The number of urea groups is 1. The van der Waals surface area contributed by atoms with E-state index in [1.807, 2.05) is 11.8 Å². The van der Waals surface area contributed by atoms with Crippen LogP contribution >= 0.6 is 11.8 Å². The summed E-state index contributed by atoms with van der Waals surface area (Å²) in [5.41, 5.74) is 2.19. The van der Waals surface area contributed by atoms with Crippen LogP contribution in [-0.4, -0.2) is 121 Å². The van der Waals surface area contributed by atoms with Gasteiger partial charge in [0.1, 0.15) is 0 Å². The van der Waals surface area contributed by atoms with Gasteiger partial charge in [0.05, 0.1) is 12.1 Å². The molecule has 51 heavy (non-hydrogen) atoms. The molecule has 4 rings (SSSR count). The summed E-state index contributed by atoms with van der Waals surface area (Å²) in [5.74, 6) is 1.83. The second-order valence-corrected chi connectivity index (χ2v) is 16.5. The number of nitrogens with zero attached hydrogens (tertiary/aromatic N) is 3. The summed E-state index contributed by atoms with van der Waals surface area (Å²) in [6.07, 6.45) is 11.2. The van der Waals surface area contributed by atoms with Gasteiger partial charge in [-0.25, -0.2) is 4.79 Å². The minimum Gasteiger partial charge on any atom is -0.356 e. The third kappa shape index (κ3) is 14.5. The summed E-state index contributed by atoms with van der Waals surface area (Å²) in [5, 5.41) is 12.6. The molecule has 4 amide bonds. The standard InChI is InChI=1S/C40H69N7O3S/c1-5-22-45(7-3)25-26-46-24-20-31(4)28-47(23-6-2)34(29-46)27-32-16-18-33(19-17-32)42-38(49)15-9-8-12-21-41-37(48)14-11-10-13-36-39-35(30-51-36)43-40(50)44-39/h16-19,31,34-36,39H,5-15,20-30H2,1-4H3,(H,41,48)(H,42,49)(H2,43,44,50). The Morgan fingerprint density at radius 2 is 1.71 bits per heavy atom. The lowest BCUT2D eigenvalue weighted by Crippen LogP contribution is -2.51. The average Bonchev–Trinajstić information content (AvgIpc) is 3.67. The molecule has 3 saturated heterocycles. The predicted molar refractivity (Wildman–Crippen MR) is 212 cm³/mol. The Balaban J connectivity index is 1.10. The predicted octanol–water partition coefficient (Wildman–Crippen LogP) is 5.72. The molecule has 11 heteroatoms. The van der Waals surface area contributed by atoms with Crippen LogP contribution in [0.25, 0.3) is 0 Å². The molecule has 0 aromatic heterocycles. The zero-order chi connectivity index (χ0) is 36.4. The Morgan fingerprint density at radius 3 is 2.47 bits per heavy atom. The Labute approximate surface area is 313 Å². The van der Waals surface area contributed by atoms with Gasteiger partial charge in [-0.05, 0) is 101 Å². The van der Waals surface area contributed by atoms with Crippen molar-refractivity contribution in [3.8, 4) is 0 Å². The van der Waals surface area contributed by atoms with Crippen LogP contribution in [0.5, 0.6) is 0 Å². The molecule has 0 saturated carbocycles. The van der Waals surface area contributed by atoms with Gasteiger partial charge < -0.3 is 31.1 Å². The monoisotopic (exact) mass is 728 g/mol. The van der Waals surface area contributed by atoms with Crippen LogP contribution in [0.1, 0.15) is 104 Å². The molecule has 0 radical (unpaired) electrons. The molecule has 0 aliphatic carbocycles. The Hall–Kier alpha value is -2.34. The summed E-state index contributed by atoms with van der Waals surface area (Å²) in [6, 6.07) is 9.45. The molecule has 288 valence electrons. The Bertz CT molecular complexity index is 1190. The smallest absolute Gasteiger partial charge is 0.315 e. The van der Waals surface area contributed by atoms with Crippen LogP contribution in [0.15, 0.2) is 24.3 Å². The number of unbranched alkanes of at least 4 members (excludes halogenated alkanes) is 3. The topological polar surface area (TPSA) is 109 Å². The quantitative estimate of drug-likeness (QED) is 0.0894. The number of nitrogens with one attached hydrogen (secondary N) is 4. The maximum atomic E-state index is 12.7. The fourth-order valence-electron chi connectivity index (χ4n) is 7.93.